The Bertz CT molecular complexity index is 381. The highest BCUT2D eigenvalue weighted by Crippen LogP contribution is 2.30. The summed E-state index contributed by atoms with van der Waals surface area (Å²) in [7, 11) is 1.69. The fraction of sp³-hybridized carbons (Fsp3) is 0.667. The lowest BCUT2D eigenvalue weighted by molar-refractivity contribution is 0.0296. The van der Waals surface area contributed by atoms with Gasteiger partial charge in [-0.25, -0.2) is 0 Å². The van der Waals surface area contributed by atoms with Crippen molar-refractivity contribution >= 4 is 0 Å². The van der Waals surface area contributed by atoms with E-state index in [0.29, 0.717) is 0 Å². The first-order valence-corrected chi connectivity index (χ1v) is 8.24. The quantitative estimate of drug-likeness (QED) is 0.613. The van der Waals surface area contributed by atoms with Crippen molar-refractivity contribution in [2.75, 3.05) is 13.7 Å². The summed E-state index contributed by atoms with van der Waals surface area (Å²) in [5.41, 5.74) is 7.31. The summed E-state index contributed by atoms with van der Waals surface area (Å²) in [6.45, 7) is 5.09. The highest BCUT2D eigenvalue weighted by molar-refractivity contribution is 5.35. The molecule has 0 amide bonds. The number of unbranched alkanes of at least 4 members (excludes halogenated alkanes) is 4. The molecule has 0 aliphatic heterocycles. The van der Waals surface area contributed by atoms with E-state index in [9.17, 15) is 0 Å². The monoisotopic (exact) mass is 293 g/mol. The highest BCUT2D eigenvalue weighted by Gasteiger charge is 2.22. The normalized spacial score (nSPS) is 13.9. The van der Waals surface area contributed by atoms with Gasteiger partial charge in [0.2, 0.25) is 0 Å². The van der Waals surface area contributed by atoms with Crippen LogP contribution in [0.1, 0.15) is 64.0 Å². The molecule has 0 spiro atoms. The largest absolute Gasteiger partial charge is 0.496 e. The van der Waals surface area contributed by atoms with Crippen LogP contribution in [-0.4, -0.2) is 19.8 Å². The molecule has 120 valence electrons. The Kier molecular flexibility index (Phi) is 9.11. The summed E-state index contributed by atoms with van der Waals surface area (Å²) in [6, 6.07) is 8.00. The van der Waals surface area contributed by atoms with Gasteiger partial charge in [-0.2, -0.15) is 0 Å². The smallest absolute Gasteiger partial charge is 0.124 e. The Hall–Kier alpha value is -1.06. The Morgan fingerprint density at radius 3 is 2.43 bits per heavy atom. The van der Waals surface area contributed by atoms with Crippen molar-refractivity contribution in [3.05, 3.63) is 29.8 Å². The summed E-state index contributed by atoms with van der Waals surface area (Å²) in [4.78, 5) is 0. The van der Waals surface area contributed by atoms with Gasteiger partial charge in [0.25, 0.3) is 0 Å². The third-order valence-corrected chi connectivity index (χ3v) is 3.85. The number of benzene rings is 1. The molecule has 21 heavy (non-hydrogen) atoms. The second-order valence-corrected chi connectivity index (χ2v) is 5.52. The van der Waals surface area contributed by atoms with E-state index in [-0.39, 0.29) is 12.1 Å². The third-order valence-electron chi connectivity index (χ3n) is 3.85. The molecule has 2 atom stereocenters. The van der Waals surface area contributed by atoms with E-state index in [1.807, 2.05) is 18.2 Å². The maximum atomic E-state index is 6.25. The zero-order chi connectivity index (χ0) is 15.5. The second-order valence-electron chi connectivity index (χ2n) is 5.52. The zero-order valence-electron chi connectivity index (χ0n) is 13.8. The van der Waals surface area contributed by atoms with Crippen LogP contribution in [0.3, 0.4) is 0 Å². The number of hydrogen-bond donors (Lipinski definition) is 1. The molecule has 0 fully saturated rings. The lowest BCUT2D eigenvalue weighted by atomic mass is 10.00. The van der Waals surface area contributed by atoms with Crippen molar-refractivity contribution in [1.82, 2.24) is 0 Å². The van der Waals surface area contributed by atoms with Crippen LogP contribution in [0.5, 0.6) is 5.75 Å². The van der Waals surface area contributed by atoms with Gasteiger partial charge in [0.05, 0.1) is 7.11 Å². The molecular formula is C18H31NO2. The van der Waals surface area contributed by atoms with E-state index >= 15 is 0 Å². The highest BCUT2D eigenvalue weighted by atomic mass is 16.5. The number of hydrogen-bond acceptors (Lipinski definition) is 3. The molecule has 0 aliphatic rings. The fourth-order valence-corrected chi connectivity index (χ4v) is 2.48. The first-order valence-electron chi connectivity index (χ1n) is 8.24. The van der Waals surface area contributed by atoms with Gasteiger partial charge in [-0.15, -0.1) is 0 Å². The maximum Gasteiger partial charge on any atom is 0.124 e. The van der Waals surface area contributed by atoms with Crippen LogP contribution in [-0.2, 0) is 4.74 Å². The molecular weight excluding hydrogens is 262 g/mol. The van der Waals surface area contributed by atoms with Crippen LogP contribution in [0, 0.1) is 0 Å². The van der Waals surface area contributed by atoms with E-state index in [2.05, 4.69) is 19.9 Å². The fourth-order valence-electron chi connectivity index (χ4n) is 2.48. The molecule has 1 aromatic carbocycles. The number of ether oxygens (including phenoxy) is 2. The summed E-state index contributed by atoms with van der Waals surface area (Å²) >= 11 is 0. The Morgan fingerprint density at radius 2 is 1.76 bits per heavy atom. The molecule has 0 saturated carbocycles. The molecule has 0 saturated heterocycles. The maximum absolute atomic E-state index is 6.25. The van der Waals surface area contributed by atoms with Gasteiger partial charge in [0.1, 0.15) is 11.9 Å². The third kappa shape index (κ3) is 6.06. The van der Waals surface area contributed by atoms with Crippen molar-refractivity contribution in [1.29, 1.82) is 0 Å². The van der Waals surface area contributed by atoms with E-state index in [1.54, 1.807) is 7.11 Å². The van der Waals surface area contributed by atoms with Gasteiger partial charge in [-0.1, -0.05) is 57.7 Å². The lowest BCUT2D eigenvalue weighted by Crippen LogP contribution is -2.30. The number of methoxy groups -OCH3 is 1. The molecule has 0 bridgehead atoms. The topological polar surface area (TPSA) is 44.5 Å². The summed E-state index contributed by atoms with van der Waals surface area (Å²) in [5, 5.41) is 0. The van der Waals surface area contributed by atoms with Crippen molar-refractivity contribution in [3.63, 3.8) is 0 Å². The molecule has 0 radical (unpaired) electrons. The van der Waals surface area contributed by atoms with Crippen LogP contribution in [0.15, 0.2) is 24.3 Å². The lowest BCUT2D eigenvalue weighted by Gasteiger charge is -2.25. The van der Waals surface area contributed by atoms with Crippen molar-refractivity contribution in [2.45, 2.75) is 64.5 Å². The molecule has 1 rings (SSSR count). The van der Waals surface area contributed by atoms with E-state index in [1.165, 1.54) is 25.7 Å². The molecule has 2 N–H and O–H groups in total. The Labute approximate surface area is 129 Å². The van der Waals surface area contributed by atoms with Crippen molar-refractivity contribution < 1.29 is 9.47 Å². The molecule has 0 aromatic heterocycles. The van der Waals surface area contributed by atoms with Crippen molar-refractivity contribution in [2.24, 2.45) is 5.73 Å². The van der Waals surface area contributed by atoms with E-state index < -0.39 is 0 Å². The first kappa shape index (κ1) is 18.0. The van der Waals surface area contributed by atoms with E-state index in [4.69, 9.17) is 15.2 Å². The average Bonchev–Trinajstić information content (AvgIpc) is 2.53. The summed E-state index contributed by atoms with van der Waals surface area (Å²) in [5.74, 6) is 0.859. The van der Waals surface area contributed by atoms with Crippen LogP contribution >= 0.6 is 0 Å². The second kappa shape index (κ2) is 10.6. The SMILES string of the molecule is CCCCCCCOC(c1ccccc1OC)C(N)CC. The van der Waals surface area contributed by atoms with Crippen LogP contribution < -0.4 is 10.5 Å². The molecule has 3 nitrogen and oxygen atoms in total. The van der Waals surface area contributed by atoms with Gasteiger partial charge >= 0.3 is 0 Å². The van der Waals surface area contributed by atoms with Crippen molar-refractivity contribution in [3.8, 4) is 5.75 Å². The number of para-hydroxylation sites is 1. The van der Waals surface area contributed by atoms with Crippen LogP contribution in [0.4, 0.5) is 0 Å². The minimum absolute atomic E-state index is 0.00283. The van der Waals surface area contributed by atoms with Crippen LogP contribution in [0.2, 0.25) is 0 Å². The molecule has 0 heterocycles. The number of nitrogens with two attached hydrogens (primary N) is 1. The summed E-state index contributed by atoms with van der Waals surface area (Å²) < 4.78 is 11.5. The van der Waals surface area contributed by atoms with Gasteiger partial charge in [-0.3, -0.25) is 0 Å². The van der Waals surface area contributed by atoms with Gasteiger partial charge in [0.15, 0.2) is 0 Å². The predicted octanol–water partition coefficient (Wildman–Crippen LogP) is 4.46. The summed E-state index contributed by atoms with van der Waals surface area (Å²) in [6.07, 6.45) is 7.00. The Morgan fingerprint density at radius 1 is 1.05 bits per heavy atom. The van der Waals surface area contributed by atoms with Gasteiger partial charge < -0.3 is 15.2 Å². The first-order chi connectivity index (χ1) is 10.2. The molecule has 2 unspecified atom stereocenters. The zero-order valence-corrected chi connectivity index (χ0v) is 13.8. The van der Waals surface area contributed by atoms with E-state index in [0.717, 1.165) is 30.8 Å². The minimum Gasteiger partial charge on any atom is -0.496 e. The Balaban J connectivity index is 2.60. The van der Waals surface area contributed by atoms with Crippen LogP contribution in [0.25, 0.3) is 0 Å². The number of rotatable bonds is 11. The molecule has 1 aromatic rings. The predicted molar refractivity (Wildman–Crippen MR) is 88.7 cm³/mol. The van der Waals surface area contributed by atoms with Gasteiger partial charge in [-0.05, 0) is 18.9 Å². The molecule has 3 heteroatoms. The van der Waals surface area contributed by atoms with Gasteiger partial charge in [0, 0.05) is 18.2 Å². The minimum atomic E-state index is -0.0858. The average molecular weight is 293 g/mol. The standard InChI is InChI=1S/C18H31NO2/c1-4-6-7-8-11-14-21-18(16(19)5-2)15-12-9-10-13-17(15)20-3/h9-10,12-13,16,18H,4-8,11,14,19H2,1-3H3. The molecule has 0 aliphatic carbocycles.